The zero-order valence-corrected chi connectivity index (χ0v) is 9.18. The molecular formula is C11H23NO. The molecule has 1 atom stereocenters. The maximum absolute atomic E-state index is 5.30. The molecule has 1 saturated heterocycles. The van der Waals surface area contributed by atoms with Crippen LogP contribution >= 0.6 is 0 Å². The van der Waals surface area contributed by atoms with Crippen LogP contribution in [0.2, 0.25) is 0 Å². The average molecular weight is 185 g/mol. The molecule has 0 aromatic rings. The average Bonchev–Trinajstić information content (AvgIpc) is 2.15. The Hall–Kier alpha value is -0.0800. The van der Waals surface area contributed by atoms with Crippen LogP contribution in [0.5, 0.6) is 0 Å². The fourth-order valence-electron chi connectivity index (χ4n) is 2.34. The molecule has 2 heteroatoms. The first-order chi connectivity index (χ1) is 6.25. The summed E-state index contributed by atoms with van der Waals surface area (Å²) in [6.45, 7) is 7.94. The molecule has 1 fully saturated rings. The summed E-state index contributed by atoms with van der Waals surface area (Å²) in [5.41, 5.74) is 0. The predicted octanol–water partition coefficient (Wildman–Crippen LogP) is 1.90. The Kier molecular flexibility index (Phi) is 4.74. The van der Waals surface area contributed by atoms with Gasteiger partial charge in [-0.05, 0) is 43.7 Å². The van der Waals surface area contributed by atoms with Crippen LogP contribution in [-0.2, 0) is 4.74 Å². The Morgan fingerprint density at radius 1 is 1.31 bits per heavy atom. The van der Waals surface area contributed by atoms with Crippen molar-refractivity contribution < 1.29 is 4.74 Å². The van der Waals surface area contributed by atoms with Gasteiger partial charge in [-0.3, -0.25) is 0 Å². The SMILES string of the molecule is COCC(C(C)C)C1CCNCC1. The number of piperidine rings is 1. The molecule has 0 saturated carbocycles. The molecule has 0 amide bonds. The molecule has 0 aromatic heterocycles. The molecule has 0 aliphatic carbocycles. The monoisotopic (exact) mass is 185 g/mol. The number of hydrogen-bond donors (Lipinski definition) is 1. The van der Waals surface area contributed by atoms with E-state index in [-0.39, 0.29) is 0 Å². The highest BCUT2D eigenvalue weighted by atomic mass is 16.5. The molecule has 78 valence electrons. The van der Waals surface area contributed by atoms with Gasteiger partial charge in [0.05, 0.1) is 0 Å². The molecule has 2 nitrogen and oxygen atoms in total. The van der Waals surface area contributed by atoms with Crippen molar-refractivity contribution in [3.63, 3.8) is 0 Å². The lowest BCUT2D eigenvalue weighted by Crippen LogP contribution is -2.35. The number of ether oxygens (including phenoxy) is 1. The van der Waals surface area contributed by atoms with Gasteiger partial charge in [0, 0.05) is 13.7 Å². The Morgan fingerprint density at radius 3 is 2.38 bits per heavy atom. The minimum Gasteiger partial charge on any atom is -0.384 e. The van der Waals surface area contributed by atoms with Gasteiger partial charge >= 0.3 is 0 Å². The lowest BCUT2D eigenvalue weighted by molar-refractivity contribution is 0.0793. The van der Waals surface area contributed by atoms with Gasteiger partial charge < -0.3 is 10.1 Å². The maximum Gasteiger partial charge on any atom is 0.0495 e. The second-order valence-corrected chi connectivity index (χ2v) is 4.45. The van der Waals surface area contributed by atoms with E-state index in [1.54, 1.807) is 0 Å². The van der Waals surface area contributed by atoms with Crippen molar-refractivity contribution in [3.05, 3.63) is 0 Å². The van der Waals surface area contributed by atoms with Crippen LogP contribution in [0.4, 0.5) is 0 Å². The van der Waals surface area contributed by atoms with Crippen molar-refractivity contribution in [1.29, 1.82) is 0 Å². The zero-order valence-electron chi connectivity index (χ0n) is 9.18. The number of methoxy groups -OCH3 is 1. The molecule has 1 aliphatic heterocycles. The van der Waals surface area contributed by atoms with Gasteiger partial charge in [-0.25, -0.2) is 0 Å². The van der Waals surface area contributed by atoms with Crippen molar-refractivity contribution in [2.45, 2.75) is 26.7 Å². The van der Waals surface area contributed by atoms with Crippen LogP contribution in [0.1, 0.15) is 26.7 Å². The van der Waals surface area contributed by atoms with Gasteiger partial charge in [0.1, 0.15) is 0 Å². The van der Waals surface area contributed by atoms with Crippen molar-refractivity contribution in [3.8, 4) is 0 Å². The molecular weight excluding hydrogens is 162 g/mol. The van der Waals surface area contributed by atoms with Crippen LogP contribution in [0.15, 0.2) is 0 Å². The molecule has 0 radical (unpaired) electrons. The van der Waals surface area contributed by atoms with Gasteiger partial charge in [0.15, 0.2) is 0 Å². The maximum atomic E-state index is 5.30. The summed E-state index contributed by atoms with van der Waals surface area (Å²) in [5, 5.41) is 3.41. The molecule has 1 unspecified atom stereocenters. The van der Waals surface area contributed by atoms with E-state index in [1.165, 1.54) is 25.9 Å². The van der Waals surface area contributed by atoms with Gasteiger partial charge in [-0.15, -0.1) is 0 Å². The first-order valence-electron chi connectivity index (χ1n) is 5.45. The van der Waals surface area contributed by atoms with Crippen LogP contribution in [0, 0.1) is 17.8 Å². The van der Waals surface area contributed by atoms with Crippen molar-refractivity contribution in [1.82, 2.24) is 5.32 Å². The number of nitrogens with one attached hydrogen (secondary N) is 1. The smallest absolute Gasteiger partial charge is 0.0495 e. The second-order valence-electron chi connectivity index (χ2n) is 4.45. The van der Waals surface area contributed by atoms with Gasteiger partial charge in [0.2, 0.25) is 0 Å². The van der Waals surface area contributed by atoms with Gasteiger partial charge in [0.25, 0.3) is 0 Å². The fourth-order valence-corrected chi connectivity index (χ4v) is 2.34. The van der Waals surface area contributed by atoms with E-state index in [9.17, 15) is 0 Å². The Labute approximate surface area is 82.0 Å². The quantitative estimate of drug-likeness (QED) is 0.722. The summed E-state index contributed by atoms with van der Waals surface area (Å²) in [6, 6.07) is 0. The van der Waals surface area contributed by atoms with Crippen molar-refractivity contribution >= 4 is 0 Å². The highest BCUT2D eigenvalue weighted by molar-refractivity contribution is 4.77. The highest BCUT2D eigenvalue weighted by Gasteiger charge is 2.25. The lowest BCUT2D eigenvalue weighted by Gasteiger charge is -2.32. The third-order valence-corrected chi connectivity index (χ3v) is 3.20. The lowest BCUT2D eigenvalue weighted by atomic mass is 9.79. The van der Waals surface area contributed by atoms with Crippen LogP contribution < -0.4 is 5.32 Å². The van der Waals surface area contributed by atoms with E-state index in [2.05, 4.69) is 19.2 Å². The number of hydrogen-bond acceptors (Lipinski definition) is 2. The summed E-state index contributed by atoms with van der Waals surface area (Å²) in [4.78, 5) is 0. The van der Waals surface area contributed by atoms with E-state index in [0.29, 0.717) is 0 Å². The second kappa shape index (κ2) is 5.61. The van der Waals surface area contributed by atoms with Crippen molar-refractivity contribution in [2.75, 3.05) is 26.8 Å². The zero-order chi connectivity index (χ0) is 9.68. The van der Waals surface area contributed by atoms with Crippen molar-refractivity contribution in [2.24, 2.45) is 17.8 Å². The minimum absolute atomic E-state index is 0.753. The van der Waals surface area contributed by atoms with E-state index >= 15 is 0 Å². The first-order valence-corrected chi connectivity index (χ1v) is 5.45. The van der Waals surface area contributed by atoms with Gasteiger partial charge in [-0.2, -0.15) is 0 Å². The topological polar surface area (TPSA) is 21.3 Å². The fraction of sp³-hybridized carbons (Fsp3) is 1.00. The summed E-state index contributed by atoms with van der Waals surface area (Å²) >= 11 is 0. The minimum atomic E-state index is 0.753. The third kappa shape index (κ3) is 3.28. The summed E-state index contributed by atoms with van der Waals surface area (Å²) in [6.07, 6.45) is 2.65. The van der Waals surface area contributed by atoms with Crippen LogP contribution in [0.25, 0.3) is 0 Å². The standard InChI is InChI=1S/C11H23NO/c1-9(2)11(8-13-3)10-4-6-12-7-5-10/h9-12H,4-8H2,1-3H3. The van der Waals surface area contributed by atoms with Crippen LogP contribution in [-0.4, -0.2) is 26.8 Å². The molecule has 13 heavy (non-hydrogen) atoms. The molecule has 1 aliphatic rings. The normalized spacial score (nSPS) is 22.2. The number of rotatable bonds is 4. The highest BCUT2D eigenvalue weighted by Crippen LogP contribution is 2.28. The van der Waals surface area contributed by atoms with Gasteiger partial charge in [-0.1, -0.05) is 13.8 Å². The largest absolute Gasteiger partial charge is 0.384 e. The molecule has 1 heterocycles. The van der Waals surface area contributed by atoms with E-state index in [4.69, 9.17) is 4.74 Å². The third-order valence-electron chi connectivity index (χ3n) is 3.20. The summed E-state index contributed by atoms with van der Waals surface area (Å²) in [5.74, 6) is 2.39. The molecule has 0 bridgehead atoms. The molecule has 0 aromatic carbocycles. The molecule has 1 N–H and O–H groups in total. The summed E-state index contributed by atoms with van der Waals surface area (Å²) in [7, 11) is 1.82. The van der Waals surface area contributed by atoms with E-state index in [1.807, 2.05) is 7.11 Å². The van der Waals surface area contributed by atoms with E-state index < -0.39 is 0 Å². The Balaban J connectivity index is 2.41. The molecule has 0 spiro atoms. The van der Waals surface area contributed by atoms with Crippen LogP contribution in [0.3, 0.4) is 0 Å². The summed E-state index contributed by atoms with van der Waals surface area (Å²) < 4.78 is 5.30. The Bertz CT molecular complexity index is 130. The predicted molar refractivity (Wildman–Crippen MR) is 55.8 cm³/mol. The first kappa shape index (κ1) is 11.0. The van der Waals surface area contributed by atoms with E-state index in [0.717, 1.165) is 24.4 Å². The molecule has 1 rings (SSSR count). The Morgan fingerprint density at radius 2 is 1.92 bits per heavy atom.